The predicted molar refractivity (Wildman–Crippen MR) is 84.0 cm³/mol. The van der Waals surface area contributed by atoms with Crippen LogP contribution in [-0.4, -0.2) is 51.2 Å². The van der Waals surface area contributed by atoms with Gasteiger partial charge in [-0.2, -0.15) is 0 Å². The van der Waals surface area contributed by atoms with Crippen molar-refractivity contribution >= 4 is 17.1 Å². The lowest BCUT2D eigenvalue weighted by molar-refractivity contribution is -0.0140. The zero-order chi connectivity index (χ0) is 15.5. The number of ketones is 1. The monoisotopic (exact) mass is 320 g/mol. The van der Waals surface area contributed by atoms with E-state index in [9.17, 15) is 4.79 Å². The second-order valence-electron chi connectivity index (χ2n) is 5.53. The molecule has 1 atom stereocenters. The van der Waals surface area contributed by atoms with Crippen LogP contribution in [0.3, 0.4) is 0 Å². The minimum absolute atomic E-state index is 0.0976. The van der Waals surface area contributed by atoms with Gasteiger partial charge in [0.05, 0.1) is 24.6 Å². The Hall–Kier alpha value is -1.57. The third-order valence-corrected chi connectivity index (χ3v) is 5.00. The zero-order valence-electron chi connectivity index (χ0n) is 12.9. The average Bonchev–Trinajstić information content (AvgIpc) is 3.15. The van der Waals surface area contributed by atoms with Gasteiger partial charge in [0.2, 0.25) is 0 Å². The third-order valence-electron chi connectivity index (χ3n) is 4.09. The molecule has 1 saturated heterocycles. The highest BCUT2D eigenvalue weighted by Crippen LogP contribution is 2.18. The van der Waals surface area contributed by atoms with Crippen molar-refractivity contribution in [2.24, 2.45) is 7.05 Å². The molecule has 0 unspecified atom stereocenters. The number of hydrogen-bond donors (Lipinski definition) is 0. The normalized spacial score (nSPS) is 19.5. The SMILES string of the molecule is Cc1nnc(CN2CCOC[C@@H]2CC(=O)c2cccs2)n1C. The lowest BCUT2D eigenvalue weighted by Crippen LogP contribution is -2.46. The Morgan fingerprint density at radius 3 is 3.05 bits per heavy atom. The Kier molecular flexibility index (Phi) is 4.66. The van der Waals surface area contributed by atoms with E-state index in [0.29, 0.717) is 26.2 Å². The topological polar surface area (TPSA) is 60.2 Å². The van der Waals surface area contributed by atoms with Crippen molar-refractivity contribution in [3.05, 3.63) is 34.0 Å². The van der Waals surface area contributed by atoms with E-state index < -0.39 is 0 Å². The quantitative estimate of drug-likeness (QED) is 0.784. The summed E-state index contributed by atoms with van der Waals surface area (Å²) in [5, 5.41) is 10.3. The van der Waals surface area contributed by atoms with Crippen LogP contribution in [0.2, 0.25) is 0 Å². The minimum Gasteiger partial charge on any atom is -0.378 e. The van der Waals surface area contributed by atoms with Crippen molar-refractivity contribution in [1.82, 2.24) is 19.7 Å². The summed E-state index contributed by atoms with van der Waals surface area (Å²) in [7, 11) is 1.97. The first-order valence-corrected chi connectivity index (χ1v) is 8.26. The molecule has 0 amide bonds. The summed E-state index contributed by atoms with van der Waals surface area (Å²) in [5.41, 5.74) is 0. The minimum atomic E-state index is 0.0976. The molecule has 7 heteroatoms. The molecule has 0 spiro atoms. The maximum Gasteiger partial charge on any atom is 0.174 e. The summed E-state index contributed by atoms with van der Waals surface area (Å²) in [6.07, 6.45) is 0.483. The Labute approximate surface area is 133 Å². The fourth-order valence-electron chi connectivity index (χ4n) is 2.61. The number of carbonyl (C=O) groups is 1. The summed E-state index contributed by atoms with van der Waals surface area (Å²) >= 11 is 1.50. The molecule has 0 radical (unpaired) electrons. The van der Waals surface area contributed by atoms with Gasteiger partial charge in [0.1, 0.15) is 11.6 Å². The first-order chi connectivity index (χ1) is 10.6. The molecular formula is C15H20N4O2S. The fraction of sp³-hybridized carbons (Fsp3) is 0.533. The first kappa shape index (κ1) is 15.3. The number of carbonyl (C=O) groups excluding carboxylic acids is 1. The van der Waals surface area contributed by atoms with E-state index >= 15 is 0 Å². The van der Waals surface area contributed by atoms with Crippen LogP contribution in [0, 0.1) is 6.92 Å². The Morgan fingerprint density at radius 1 is 1.50 bits per heavy atom. The summed E-state index contributed by atoms with van der Waals surface area (Å²) in [4.78, 5) is 15.4. The number of aryl methyl sites for hydroxylation is 1. The van der Waals surface area contributed by atoms with E-state index in [1.54, 1.807) is 0 Å². The number of nitrogens with zero attached hydrogens (tertiary/aromatic N) is 4. The smallest absolute Gasteiger partial charge is 0.174 e. The molecule has 1 aliphatic heterocycles. The van der Waals surface area contributed by atoms with Gasteiger partial charge >= 0.3 is 0 Å². The van der Waals surface area contributed by atoms with Crippen LogP contribution in [0.25, 0.3) is 0 Å². The predicted octanol–water partition coefficient (Wildman–Crippen LogP) is 1.66. The number of Topliss-reactive ketones (excluding diaryl/α,β-unsaturated/α-hetero) is 1. The van der Waals surface area contributed by atoms with Gasteiger partial charge in [0.25, 0.3) is 0 Å². The number of ether oxygens (including phenoxy) is 1. The van der Waals surface area contributed by atoms with Crippen molar-refractivity contribution in [2.75, 3.05) is 19.8 Å². The van der Waals surface area contributed by atoms with E-state index in [0.717, 1.165) is 23.1 Å². The average molecular weight is 320 g/mol. The maximum atomic E-state index is 12.3. The van der Waals surface area contributed by atoms with Crippen LogP contribution >= 0.6 is 11.3 Å². The highest BCUT2D eigenvalue weighted by molar-refractivity contribution is 7.12. The van der Waals surface area contributed by atoms with E-state index in [-0.39, 0.29) is 11.8 Å². The van der Waals surface area contributed by atoms with Gasteiger partial charge in [-0.15, -0.1) is 21.5 Å². The molecule has 0 aliphatic carbocycles. The Morgan fingerprint density at radius 2 is 2.36 bits per heavy atom. The second kappa shape index (κ2) is 6.68. The molecule has 1 aliphatic rings. The molecule has 0 aromatic carbocycles. The zero-order valence-corrected chi connectivity index (χ0v) is 13.7. The van der Waals surface area contributed by atoms with E-state index in [1.807, 2.05) is 36.1 Å². The van der Waals surface area contributed by atoms with Crippen LogP contribution in [0.4, 0.5) is 0 Å². The van der Waals surface area contributed by atoms with Crippen LogP contribution < -0.4 is 0 Å². The Balaban J connectivity index is 1.68. The summed E-state index contributed by atoms with van der Waals surface area (Å²) in [5.74, 6) is 2.01. The van der Waals surface area contributed by atoms with Crippen LogP contribution in [-0.2, 0) is 18.3 Å². The first-order valence-electron chi connectivity index (χ1n) is 7.38. The molecule has 3 rings (SSSR count). The second-order valence-corrected chi connectivity index (χ2v) is 6.47. The van der Waals surface area contributed by atoms with Gasteiger partial charge in [-0.25, -0.2) is 0 Å². The fourth-order valence-corrected chi connectivity index (χ4v) is 3.28. The van der Waals surface area contributed by atoms with Gasteiger partial charge in [-0.05, 0) is 18.4 Å². The van der Waals surface area contributed by atoms with Crippen LogP contribution in [0.1, 0.15) is 27.7 Å². The van der Waals surface area contributed by atoms with E-state index in [4.69, 9.17) is 4.74 Å². The van der Waals surface area contributed by atoms with Gasteiger partial charge < -0.3 is 9.30 Å². The molecule has 0 saturated carbocycles. The van der Waals surface area contributed by atoms with E-state index in [2.05, 4.69) is 15.1 Å². The summed E-state index contributed by atoms with van der Waals surface area (Å²) in [6.45, 7) is 4.74. The van der Waals surface area contributed by atoms with Gasteiger partial charge in [0.15, 0.2) is 5.78 Å². The van der Waals surface area contributed by atoms with Gasteiger partial charge in [-0.1, -0.05) is 6.07 Å². The maximum absolute atomic E-state index is 12.3. The lowest BCUT2D eigenvalue weighted by Gasteiger charge is -2.34. The summed E-state index contributed by atoms with van der Waals surface area (Å²) in [6, 6.07) is 3.89. The van der Waals surface area contributed by atoms with E-state index in [1.165, 1.54) is 11.3 Å². The van der Waals surface area contributed by atoms with Crippen LogP contribution in [0.5, 0.6) is 0 Å². The highest BCUT2D eigenvalue weighted by Gasteiger charge is 2.27. The van der Waals surface area contributed by atoms with Crippen molar-refractivity contribution in [2.45, 2.75) is 25.9 Å². The molecule has 22 heavy (non-hydrogen) atoms. The summed E-state index contributed by atoms with van der Waals surface area (Å²) < 4.78 is 7.56. The Bertz CT molecular complexity index is 638. The number of aromatic nitrogens is 3. The molecule has 3 heterocycles. The number of thiophene rings is 1. The largest absolute Gasteiger partial charge is 0.378 e. The van der Waals surface area contributed by atoms with Crippen LogP contribution in [0.15, 0.2) is 17.5 Å². The third kappa shape index (κ3) is 3.26. The molecule has 0 bridgehead atoms. The standard InChI is InChI=1S/C15H20N4O2S/c1-11-16-17-15(18(11)2)9-19-5-6-21-10-12(19)8-13(20)14-4-3-7-22-14/h3-4,7,12H,5-6,8-10H2,1-2H3/t12-/m0/s1. The van der Waals surface area contributed by atoms with Crippen molar-refractivity contribution in [1.29, 1.82) is 0 Å². The molecule has 118 valence electrons. The molecule has 1 fully saturated rings. The molecule has 2 aromatic rings. The number of rotatable bonds is 5. The lowest BCUT2D eigenvalue weighted by atomic mass is 10.1. The molecule has 2 aromatic heterocycles. The number of hydrogen-bond acceptors (Lipinski definition) is 6. The van der Waals surface area contributed by atoms with Crippen molar-refractivity contribution < 1.29 is 9.53 Å². The van der Waals surface area contributed by atoms with Crippen molar-refractivity contribution in [3.63, 3.8) is 0 Å². The number of morpholine rings is 1. The van der Waals surface area contributed by atoms with Gasteiger partial charge in [-0.3, -0.25) is 9.69 Å². The van der Waals surface area contributed by atoms with Crippen molar-refractivity contribution in [3.8, 4) is 0 Å². The van der Waals surface area contributed by atoms with Gasteiger partial charge in [0, 0.05) is 26.1 Å². The molecule has 0 N–H and O–H groups in total. The molecular weight excluding hydrogens is 300 g/mol. The molecule has 6 nitrogen and oxygen atoms in total. The highest BCUT2D eigenvalue weighted by atomic mass is 32.1.